The minimum Gasteiger partial charge on any atom is -0.468 e. The molecule has 1 amide bonds. The third-order valence-electron chi connectivity index (χ3n) is 4.86. The van der Waals surface area contributed by atoms with Gasteiger partial charge in [0.15, 0.2) is 0 Å². The summed E-state index contributed by atoms with van der Waals surface area (Å²) in [5.74, 6) is -0.499. The average molecular weight is 390 g/mol. The monoisotopic (exact) mass is 390 g/mol. The molecule has 5 heteroatoms. The minimum absolute atomic E-state index is 0.0570. The maximum atomic E-state index is 12.7. The van der Waals surface area contributed by atoms with E-state index in [9.17, 15) is 9.59 Å². The maximum absolute atomic E-state index is 12.7. The van der Waals surface area contributed by atoms with Gasteiger partial charge in [-0.15, -0.1) is 0 Å². The topological polar surface area (TPSA) is 58.6 Å². The van der Waals surface area contributed by atoms with Gasteiger partial charge in [0, 0.05) is 6.54 Å². The van der Waals surface area contributed by atoms with Gasteiger partial charge in [0.1, 0.15) is 0 Å². The standard InChI is InChI=1S/C24H26N2O3/c1-18(21-14-8-12-20-11-6-7-13-22(20)21)25-23(27)16-26(17-24(28)29-2)15-19-9-4-3-5-10-19/h3-14,18H,15-17H2,1-2H3,(H,25,27). The number of carbonyl (C=O) groups is 2. The van der Waals surface area contributed by atoms with Crippen molar-refractivity contribution >= 4 is 22.6 Å². The van der Waals surface area contributed by atoms with Gasteiger partial charge in [-0.3, -0.25) is 14.5 Å². The second-order valence-electron chi connectivity index (χ2n) is 7.06. The molecule has 0 saturated heterocycles. The first-order chi connectivity index (χ1) is 14.1. The Morgan fingerprint density at radius 1 is 0.931 bits per heavy atom. The Bertz CT molecular complexity index is 967. The maximum Gasteiger partial charge on any atom is 0.319 e. The van der Waals surface area contributed by atoms with Crippen LogP contribution < -0.4 is 5.32 Å². The van der Waals surface area contributed by atoms with Crippen LogP contribution in [0.1, 0.15) is 24.1 Å². The Hall–Kier alpha value is -3.18. The number of rotatable bonds is 8. The molecule has 0 heterocycles. The van der Waals surface area contributed by atoms with Crippen LogP contribution in [-0.2, 0) is 20.9 Å². The summed E-state index contributed by atoms with van der Waals surface area (Å²) in [4.78, 5) is 26.3. The summed E-state index contributed by atoms with van der Waals surface area (Å²) >= 11 is 0. The molecular formula is C24H26N2O3. The number of esters is 1. The van der Waals surface area contributed by atoms with Crippen LogP contribution in [0.25, 0.3) is 10.8 Å². The molecule has 29 heavy (non-hydrogen) atoms. The van der Waals surface area contributed by atoms with Crippen molar-refractivity contribution in [2.75, 3.05) is 20.2 Å². The van der Waals surface area contributed by atoms with E-state index in [1.165, 1.54) is 7.11 Å². The van der Waals surface area contributed by atoms with Gasteiger partial charge in [-0.25, -0.2) is 0 Å². The molecule has 1 unspecified atom stereocenters. The quantitative estimate of drug-likeness (QED) is 0.596. The molecule has 3 aromatic carbocycles. The molecule has 1 atom stereocenters. The number of nitrogens with one attached hydrogen (secondary N) is 1. The lowest BCUT2D eigenvalue weighted by molar-refractivity contribution is -0.142. The van der Waals surface area contributed by atoms with Crippen molar-refractivity contribution in [1.82, 2.24) is 10.2 Å². The molecule has 0 fully saturated rings. The fourth-order valence-corrected chi connectivity index (χ4v) is 3.45. The summed E-state index contributed by atoms with van der Waals surface area (Å²) in [5, 5.41) is 5.33. The number of fused-ring (bicyclic) bond motifs is 1. The number of methoxy groups -OCH3 is 1. The van der Waals surface area contributed by atoms with E-state index in [0.29, 0.717) is 6.54 Å². The van der Waals surface area contributed by atoms with Crippen molar-refractivity contribution in [3.05, 3.63) is 83.9 Å². The number of benzene rings is 3. The van der Waals surface area contributed by atoms with Gasteiger partial charge in [-0.05, 0) is 28.8 Å². The SMILES string of the molecule is COC(=O)CN(CC(=O)NC(C)c1cccc2ccccc12)Cc1ccccc1. The van der Waals surface area contributed by atoms with Gasteiger partial charge in [-0.1, -0.05) is 72.8 Å². The predicted octanol–water partition coefficient (Wildman–Crippen LogP) is 3.69. The predicted molar refractivity (Wildman–Crippen MR) is 114 cm³/mol. The summed E-state index contributed by atoms with van der Waals surface area (Å²) in [6.07, 6.45) is 0. The van der Waals surface area contributed by atoms with Crippen molar-refractivity contribution < 1.29 is 14.3 Å². The molecule has 5 nitrogen and oxygen atoms in total. The number of hydrogen-bond donors (Lipinski definition) is 1. The molecule has 0 bridgehead atoms. The second-order valence-corrected chi connectivity index (χ2v) is 7.06. The van der Waals surface area contributed by atoms with Crippen LogP contribution in [0.4, 0.5) is 0 Å². The number of ether oxygens (including phenoxy) is 1. The van der Waals surface area contributed by atoms with Gasteiger partial charge in [0.2, 0.25) is 5.91 Å². The Labute approximate surface area is 171 Å². The summed E-state index contributed by atoms with van der Waals surface area (Å²) in [5.41, 5.74) is 2.10. The summed E-state index contributed by atoms with van der Waals surface area (Å²) in [6.45, 7) is 2.63. The number of nitrogens with zero attached hydrogens (tertiary/aromatic N) is 1. The Morgan fingerprint density at radius 3 is 2.38 bits per heavy atom. The van der Waals surface area contributed by atoms with Crippen LogP contribution in [0, 0.1) is 0 Å². The van der Waals surface area contributed by atoms with E-state index in [1.807, 2.05) is 61.5 Å². The third-order valence-corrected chi connectivity index (χ3v) is 4.86. The van der Waals surface area contributed by atoms with E-state index >= 15 is 0 Å². The number of hydrogen-bond acceptors (Lipinski definition) is 4. The van der Waals surface area contributed by atoms with Crippen molar-refractivity contribution in [2.24, 2.45) is 0 Å². The molecule has 0 aliphatic heterocycles. The van der Waals surface area contributed by atoms with Crippen LogP contribution in [0.5, 0.6) is 0 Å². The van der Waals surface area contributed by atoms with E-state index in [0.717, 1.165) is 21.9 Å². The van der Waals surface area contributed by atoms with Gasteiger partial charge in [0.05, 0.1) is 26.2 Å². The Balaban J connectivity index is 1.69. The molecule has 0 radical (unpaired) electrons. The van der Waals surface area contributed by atoms with Gasteiger partial charge >= 0.3 is 5.97 Å². The largest absolute Gasteiger partial charge is 0.468 e. The highest BCUT2D eigenvalue weighted by Gasteiger charge is 2.18. The first-order valence-electron chi connectivity index (χ1n) is 9.67. The zero-order valence-corrected chi connectivity index (χ0v) is 16.8. The van der Waals surface area contributed by atoms with Crippen LogP contribution in [0.3, 0.4) is 0 Å². The lowest BCUT2D eigenvalue weighted by atomic mass is 10.00. The van der Waals surface area contributed by atoms with Gasteiger partial charge in [0.25, 0.3) is 0 Å². The van der Waals surface area contributed by atoms with Gasteiger partial charge < -0.3 is 10.1 Å². The second kappa shape index (κ2) is 9.85. The fourth-order valence-electron chi connectivity index (χ4n) is 3.45. The smallest absolute Gasteiger partial charge is 0.319 e. The van der Waals surface area contributed by atoms with Crippen LogP contribution in [0.15, 0.2) is 72.8 Å². The molecule has 150 valence electrons. The van der Waals surface area contributed by atoms with Crippen LogP contribution >= 0.6 is 0 Å². The van der Waals surface area contributed by atoms with Crippen molar-refractivity contribution in [3.63, 3.8) is 0 Å². The molecule has 0 aliphatic carbocycles. The molecule has 3 rings (SSSR count). The zero-order valence-electron chi connectivity index (χ0n) is 16.8. The van der Waals surface area contributed by atoms with E-state index < -0.39 is 0 Å². The van der Waals surface area contributed by atoms with E-state index in [1.54, 1.807) is 4.90 Å². The normalized spacial score (nSPS) is 12.0. The number of carbonyl (C=O) groups excluding carboxylic acids is 2. The van der Waals surface area contributed by atoms with Crippen molar-refractivity contribution in [2.45, 2.75) is 19.5 Å². The number of amides is 1. The fraction of sp³-hybridized carbons (Fsp3) is 0.250. The molecule has 0 aromatic heterocycles. The molecule has 0 saturated carbocycles. The lowest BCUT2D eigenvalue weighted by Crippen LogP contribution is -2.40. The molecule has 1 N–H and O–H groups in total. The molecule has 0 aliphatic rings. The highest BCUT2D eigenvalue weighted by atomic mass is 16.5. The summed E-state index contributed by atoms with van der Waals surface area (Å²) in [6, 6.07) is 23.8. The molecule has 0 spiro atoms. The highest BCUT2D eigenvalue weighted by Crippen LogP contribution is 2.24. The van der Waals surface area contributed by atoms with E-state index in [4.69, 9.17) is 4.74 Å². The first kappa shape index (κ1) is 20.6. The third kappa shape index (κ3) is 5.65. The van der Waals surface area contributed by atoms with Gasteiger partial charge in [-0.2, -0.15) is 0 Å². The molecular weight excluding hydrogens is 364 g/mol. The van der Waals surface area contributed by atoms with Crippen LogP contribution in [0.2, 0.25) is 0 Å². The lowest BCUT2D eigenvalue weighted by Gasteiger charge is -2.23. The first-order valence-corrected chi connectivity index (χ1v) is 9.67. The van der Waals surface area contributed by atoms with Crippen molar-refractivity contribution in [3.8, 4) is 0 Å². The van der Waals surface area contributed by atoms with Crippen LogP contribution in [-0.4, -0.2) is 37.0 Å². The Kier molecular flexibility index (Phi) is 6.98. The van der Waals surface area contributed by atoms with Crippen molar-refractivity contribution in [1.29, 1.82) is 0 Å². The average Bonchev–Trinajstić information content (AvgIpc) is 2.73. The van der Waals surface area contributed by atoms with E-state index in [2.05, 4.69) is 23.5 Å². The summed E-state index contributed by atoms with van der Waals surface area (Å²) < 4.78 is 4.79. The highest BCUT2D eigenvalue weighted by molar-refractivity contribution is 5.87. The molecule has 3 aromatic rings. The van der Waals surface area contributed by atoms with E-state index in [-0.39, 0.29) is 31.0 Å². The Morgan fingerprint density at radius 2 is 1.62 bits per heavy atom. The summed E-state index contributed by atoms with van der Waals surface area (Å²) in [7, 11) is 1.35. The minimum atomic E-state index is -0.365. The zero-order chi connectivity index (χ0) is 20.6.